The lowest BCUT2D eigenvalue weighted by Crippen LogP contribution is -2.01. The number of pyridine rings is 1. The molecule has 0 unspecified atom stereocenters. The second-order valence-corrected chi connectivity index (χ2v) is 2.91. The van der Waals surface area contributed by atoms with Crippen LogP contribution in [0, 0.1) is 29.6 Å². The van der Waals surface area contributed by atoms with E-state index in [1.807, 2.05) is 6.07 Å². The van der Waals surface area contributed by atoms with E-state index in [0.717, 1.165) is 6.20 Å². The molecule has 1 heterocycles. The van der Waals surface area contributed by atoms with Crippen LogP contribution in [0.3, 0.4) is 0 Å². The molecular weight excluding hydrogens is 200 g/mol. The van der Waals surface area contributed by atoms with Crippen molar-refractivity contribution in [2.75, 3.05) is 0 Å². The summed E-state index contributed by atoms with van der Waals surface area (Å²) in [6.07, 6.45) is -1.74. The molecular formula is C10H7F2N3. The number of nitriles is 2. The van der Waals surface area contributed by atoms with Crippen molar-refractivity contribution in [3.05, 3.63) is 28.6 Å². The van der Waals surface area contributed by atoms with Crippen molar-refractivity contribution in [2.45, 2.75) is 19.8 Å². The summed E-state index contributed by atoms with van der Waals surface area (Å²) in [6, 6.07) is 3.58. The predicted molar refractivity (Wildman–Crippen MR) is 48.0 cm³/mol. The van der Waals surface area contributed by atoms with Crippen LogP contribution in [-0.4, -0.2) is 4.98 Å². The molecule has 0 aromatic carbocycles. The van der Waals surface area contributed by atoms with E-state index in [2.05, 4.69) is 4.98 Å². The number of hydrogen-bond acceptors (Lipinski definition) is 3. The van der Waals surface area contributed by atoms with Gasteiger partial charge in [0.25, 0.3) is 6.43 Å². The largest absolute Gasteiger partial charge is 0.266 e. The number of hydrogen-bond donors (Lipinski definition) is 0. The van der Waals surface area contributed by atoms with Crippen molar-refractivity contribution < 1.29 is 8.78 Å². The van der Waals surface area contributed by atoms with Gasteiger partial charge < -0.3 is 0 Å². The Morgan fingerprint density at radius 1 is 1.47 bits per heavy atom. The molecule has 0 saturated carbocycles. The van der Waals surface area contributed by atoms with Crippen LogP contribution in [-0.2, 0) is 6.42 Å². The lowest BCUT2D eigenvalue weighted by molar-refractivity contribution is 0.150. The molecule has 76 valence electrons. The molecule has 0 amide bonds. The molecule has 5 heteroatoms. The van der Waals surface area contributed by atoms with Crippen LogP contribution < -0.4 is 0 Å². The first kappa shape index (κ1) is 11.1. The van der Waals surface area contributed by atoms with E-state index in [4.69, 9.17) is 10.5 Å². The molecule has 1 rings (SSSR count). The van der Waals surface area contributed by atoms with E-state index in [1.54, 1.807) is 6.07 Å². The van der Waals surface area contributed by atoms with Crippen LogP contribution >= 0.6 is 0 Å². The van der Waals surface area contributed by atoms with Crippen LogP contribution in [0.5, 0.6) is 0 Å². The van der Waals surface area contributed by atoms with Gasteiger partial charge in [0.2, 0.25) is 0 Å². The smallest absolute Gasteiger partial charge is 0.259 e. The molecule has 0 bridgehead atoms. The van der Waals surface area contributed by atoms with Crippen molar-refractivity contribution >= 4 is 0 Å². The van der Waals surface area contributed by atoms with Crippen LogP contribution in [0.2, 0.25) is 0 Å². The van der Waals surface area contributed by atoms with E-state index >= 15 is 0 Å². The molecule has 0 aliphatic carbocycles. The van der Waals surface area contributed by atoms with Crippen molar-refractivity contribution in [1.29, 1.82) is 10.5 Å². The monoisotopic (exact) mass is 207 g/mol. The van der Waals surface area contributed by atoms with Crippen molar-refractivity contribution in [3.63, 3.8) is 0 Å². The molecule has 0 aliphatic heterocycles. The summed E-state index contributed by atoms with van der Waals surface area (Å²) < 4.78 is 24.9. The second kappa shape index (κ2) is 4.47. The zero-order chi connectivity index (χ0) is 11.4. The molecule has 0 radical (unpaired) electrons. The molecule has 0 saturated heterocycles. The summed E-state index contributed by atoms with van der Waals surface area (Å²) in [7, 11) is 0. The number of alkyl halides is 2. The van der Waals surface area contributed by atoms with Crippen molar-refractivity contribution in [3.8, 4) is 12.1 Å². The topological polar surface area (TPSA) is 60.5 Å². The van der Waals surface area contributed by atoms with E-state index in [0.29, 0.717) is 11.3 Å². The molecule has 1 aromatic rings. The first-order valence-electron chi connectivity index (χ1n) is 4.15. The third kappa shape index (κ3) is 2.08. The Kier molecular flexibility index (Phi) is 3.30. The van der Waals surface area contributed by atoms with Gasteiger partial charge in [-0.1, -0.05) is 0 Å². The lowest BCUT2D eigenvalue weighted by atomic mass is 10.0. The molecule has 0 atom stereocenters. The Morgan fingerprint density at radius 2 is 2.13 bits per heavy atom. The minimum atomic E-state index is -2.72. The summed E-state index contributed by atoms with van der Waals surface area (Å²) in [6.45, 7) is 1.52. The zero-order valence-corrected chi connectivity index (χ0v) is 7.96. The summed E-state index contributed by atoms with van der Waals surface area (Å²) in [5.41, 5.74) is 0.275. The Morgan fingerprint density at radius 3 is 2.60 bits per heavy atom. The standard InChI is InChI=1S/C10H7F2N3/c1-6-7(4-14)8(10(11)12)5-15-9(6)2-3-13/h5,10H,2H2,1H3. The zero-order valence-electron chi connectivity index (χ0n) is 7.96. The minimum absolute atomic E-state index is 0.0179. The minimum Gasteiger partial charge on any atom is -0.259 e. The fraction of sp³-hybridized carbons (Fsp3) is 0.300. The van der Waals surface area contributed by atoms with Crippen molar-refractivity contribution in [1.82, 2.24) is 4.98 Å². The van der Waals surface area contributed by atoms with Gasteiger partial charge in [0, 0.05) is 6.20 Å². The predicted octanol–water partition coefficient (Wildman–Crippen LogP) is 2.27. The Hall–Kier alpha value is -2.01. The molecule has 15 heavy (non-hydrogen) atoms. The molecule has 0 fully saturated rings. The van der Waals surface area contributed by atoms with Crippen LogP contribution in [0.1, 0.15) is 28.8 Å². The lowest BCUT2D eigenvalue weighted by Gasteiger charge is -2.07. The van der Waals surface area contributed by atoms with Gasteiger partial charge in [-0.15, -0.1) is 0 Å². The Labute approximate surface area is 85.6 Å². The molecule has 1 aromatic heterocycles. The van der Waals surface area contributed by atoms with E-state index < -0.39 is 6.43 Å². The van der Waals surface area contributed by atoms with Gasteiger partial charge in [-0.2, -0.15) is 10.5 Å². The van der Waals surface area contributed by atoms with E-state index in [9.17, 15) is 8.78 Å². The third-order valence-corrected chi connectivity index (χ3v) is 2.05. The summed E-state index contributed by atoms with van der Waals surface area (Å²) >= 11 is 0. The first-order chi connectivity index (χ1) is 7.11. The maximum absolute atomic E-state index is 12.5. The normalized spacial score (nSPS) is 9.73. The highest BCUT2D eigenvalue weighted by Gasteiger charge is 2.17. The fourth-order valence-electron chi connectivity index (χ4n) is 1.24. The van der Waals surface area contributed by atoms with Gasteiger partial charge in [0.1, 0.15) is 6.07 Å². The summed E-state index contributed by atoms with van der Waals surface area (Å²) in [5.74, 6) is 0. The SMILES string of the molecule is Cc1c(CC#N)ncc(C(F)F)c1C#N. The Balaban J connectivity index is 3.36. The average Bonchev–Trinajstić information content (AvgIpc) is 2.20. The first-order valence-corrected chi connectivity index (χ1v) is 4.15. The van der Waals surface area contributed by atoms with Crippen LogP contribution in [0.4, 0.5) is 8.78 Å². The van der Waals surface area contributed by atoms with E-state index in [-0.39, 0.29) is 17.5 Å². The summed E-state index contributed by atoms with van der Waals surface area (Å²) in [5, 5.41) is 17.2. The van der Waals surface area contributed by atoms with Gasteiger partial charge in [0.15, 0.2) is 0 Å². The van der Waals surface area contributed by atoms with Crippen LogP contribution in [0.15, 0.2) is 6.20 Å². The molecule has 0 aliphatic rings. The van der Waals surface area contributed by atoms with Gasteiger partial charge >= 0.3 is 0 Å². The van der Waals surface area contributed by atoms with Crippen molar-refractivity contribution in [2.24, 2.45) is 0 Å². The summed E-state index contributed by atoms with van der Waals surface area (Å²) in [4.78, 5) is 3.74. The quantitative estimate of drug-likeness (QED) is 0.747. The molecule has 3 nitrogen and oxygen atoms in total. The highest BCUT2D eigenvalue weighted by Crippen LogP contribution is 2.25. The maximum atomic E-state index is 12.5. The fourth-order valence-corrected chi connectivity index (χ4v) is 1.24. The number of rotatable bonds is 2. The molecule has 0 spiro atoms. The van der Waals surface area contributed by atoms with Gasteiger partial charge in [-0.05, 0) is 12.5 Å². The average molecular weight is 207 g/mol. The highest BCUT2D eigenvalue weighted by molar-refractivity contribution is 5.45. The number of aromatic nitrogens is 1. The van der Waals surface area contributed by atoms with Gasteiger partial charge in [0.05, 0.1) is 29.3 Å². The number of halogens is 2. The van der Waals surface area contributed by atoms with Crippen LogP contribution in [0.25, 0.3) is 0 Å². The third-order valence-electron chi connectivity index (χ3n) is 2.05. The Bertz CT molecular complexity index is 455. The number of nitrogens with zero attached hydrogens (tertiary/aromatic N) is 3. The molecule has 0 N–H and O–H groups in total. The van der Waals surface area contributed by atoms with E-state index in [1.165, 1.54) is 6.92 Å². The highest BCUT2D eigenvalue weighted by atomic mass is 19.3. The maximum Gasteiger partial charge on any atom is 0.266 e. The van der Waals surface area contributed by atoms with Gasteiger partial charge in [-0.25, -0.2) is 8.78 Å². The second-order valence-electron chi connectivity index (χ2n) is 2.91. The van der Waals surface area contributed by atoms with Gasteiger partial charge in [-0.3, -0.25) is 4.98 Å².